The summed E-state index contributed by atoms with van der Waals surface area (Å²) in [4.78, 5) is 20.5. The second-order valence-electron chi connectivity index (χ2n) is 10.5. The average Bonchev–Trinajstić information content (AvgIpc) is 3.12. The normalized spacial score (nSPS) is 24.6. The number of allylic oxidation sites excluding steroid dienone is 1. The standard InChI is InChI=1S/C27H36N6O3/c1-6-32(22-12-20(13-28)8-9-21(22)30)17-26(5)10-7-11-27(16-26)18-33(24(34)36-27)19(2)15-31-23(14-29)25(3,4)35/h6,8-9,12,14-15,35H,1-2,7,10-11,16-18,29-30H2,3-5H3/b23-14-,31-15?/t26-,27?/m0/s1. The quantitative estimate of drug-likeness (QED) is 0.368. The average molecular weight is 493 g/mol. The molecule has 2 aliphatic rings. The number of hydrogen-bond donors (Lipinski definition) is 3. The van der Waals surface area contributed by atoms with E-state index < -0.39 is 17.3 Å². The third kappa shape index (κ3) is 5.71. The fraction of sp³-hybridized carbons (Fsp3) is 0.444. The van der Waals surface area contributed by atoms with Gasteiger partial charge in [-0.15, -0.1) is 0 Å². The van der Waals surface area contributed by atoms with E-state index in [0.717, 1.165) is 24.9 Å². The van der Waals surface area contributed by atoms with Crippen LogP contribution in [0.2, 0.25) is 0 Å². The summed E-state index contributed by atoms with van der Waals surface area (Å²) in [5, 5.41) is 19.5. The van der Waals surface area contributed by atoms with Crippen LogP contribution in [0, 0.1) is 16.7 Å². The molecule has 1 aliphatic carbocycles. The van der Waals surface area contributed by atoms with Gasteiger partial charge in [0.05, 0.1) is 47.2 Å². The van der Waals surface area contributed by atoms with Crippen LogP contribution in [-0.4, -0.2) is 46.6 Å². The molecule has 3 rings (SSSR count). The van der Waals surface area contributed by atoms with Crippen LogP contribution in [0.3, 0.4) is 0 Å². The molecule has 1 spiro atoms. The number of hydrogen-bond acceptors (Lipinski definition) is 8. The van der Waals surface area contributed by atoms with Crippen molar-refractivity contribution in [3.8, 4) is 6.07 Å². The van der Waals surface area contributed by atoms with E-state index in [2.05, 4.69) is 31.1 Å². The van der Waals surface area contributed by atoms with Gasteiger partial charge in [-0.05, 0) is 69.3 Å². The molecule has 0 aromatic heterocycles. The molecular formula is C27H36N6O3. The molecule has 1 aliphatic heterocycles. The number of benzene rings is 1. The first-order valence-corrected chi connectivity index (χ1v) is 11.9. The summed E-state index contributed by atoms with van der Waals surface area (Å²) in [6.07, 6.45) is 7.11. The smallest absolute Gasteiger partial charge is 0.415 e. The predicted octanol–water partition coefficient (Wildman–Crippen LogP) is 4.02. The lowest BCUT2D eigenvalue weighted by Crippen LogP contribution is -2.47. The molecule has 1 unspecified atom stereocenters. The Hall–Kier alpha value is -3.77. The van der Waals surface area contributed by atoms with Crippen molar-refractivity contribution < 1.29 is 14.6 Å². The van der Waals surface area contributed by atoms with Crippen LogP contribution < -0.4 is 16.4 Å². The number of rotatable bonds is 8. The molecule has 1 aromatic carbocycles. The number of aliphatic imine (C=N–C) groups is 1. The highest BCUT2D eigenvalue weighted by Crippen LogP contribution is 2.47. The Kier molecular flexibility index (Phi) is 7.51. The van der Waals surface area contributed by atoms with Gasteiger partial charge in [0.1, 0.15) is 11.2 Å². The van der Waals surface area contributed by atoms with Crippen LogP contribution in [0.4, 0.5) is 16.2 Å². The van der Waals surface area contributed by atoms with Gasteiger partial charge in [0.2, 0.25) is 0 Å². The number of nitrogen functional groups attached to an aromatic ring is 1. The van der Waals surface area contributed by atoms with E-state index in [1.807, 2.05) is 4.90 Å². The van der Waals surface area contributed by atoms with Gasteiger partial charge in [-0.2, -0.15) is 5.26 Å². The summed E-state index contributed by atoms with van der Waals surface area (Å²) in [6.45, 7) is 14.2. The molecule has 36 heavy (non-hydrogen) atoms. The molecule has 2 fully saturated rings. The van der Waals surface area contributed by atoms with Gasteiger partial charge in [0, 0.05) is 12.7 Å². The van der Waals surface area contributed by atoms with Gasteiger partial charge in [-0.3, -0.25) is 9.89 Å². The molecule has 9 heteroatoms. The monoisotopic (exact) mass is 492 g/mol. The summed E-state index contributed by atoms with van der Waals surface area (Å²) >= 11 is 0. The van der Waals surface area contributed by atoms with Crippen LogP contribution in [-0.2, 0) is 4.74 Å². The molecular weight excluding hydrogens is 456 g/mol. The van der Waals surface area contributed by atoms with E-state index in [1.54, 1.807) is 38.2 Å². The third-order valence-corrected chi connectivity index (χ3v) is 6.86. The Labute approximate surface area is 213 Å². The van der Waals surface area contributed by atoms with Gasteiger partial charge in [0.25, 0.3) is 0 Å². The van der Waals surface area contributed by atoms with Gasteiger partial charge < -0.3 is 26.2 Å². The zero-order valence-corrected chi connectivity index (χ0v) is 21.3. The number of ether oxygens (including phenoxy) is 1. The van der Waals surface area contributed by atoms with Crippen LogP contribution in [0.5, 0.6) is 0 Å². The number of carbonyl (C=O) groups excluding carboxylic acids is 1. The Morgan fingerprint density at radius 1 is 1.44 bits per heavy atom. The molecule has 192 valence electrons. The number of nitrogens with zero attached hydrogens (tertiary/aromatic N) is 4. The van der Waals surface area contributed by atoms with Crippen molar-refractivity contribution in [1.82, 2.24) is 4.90 Å². The number of anilines is 2. The van der Waals surface area contributed by atoms with E-state index in [1.165, 1.54) is 17.3 Å². The van der Waals surface area contributed by atoms with Crippen LogP contribution >= 0.6 is 0 Å². The van der Waals surface area contributed by atoms with Crippen molar-refractivity contribution in [2.75, 3.05) is 23.7 Å². The van der Waals surface area contributed by atoms with E-state index >= 15 is 0 Å². The fourth-order valence-electron chi connectivity index (χ4n) is 5.13. The largest absolute Gasteiger partial charge is 0.441 e. The summed E-state index contributed by atoms with van der Waals surface area (Å²) in [7, 11) is 0. The minimum atomic E-state index is -1.23. The zero-order chi connectivity index (χ0) is 26.7. The summed E-state index contributed by atoms with van der Waals surface area (Å²) in [6, 6.07) is 7.33. The highest BCUT2D eigenvalue weighted by molar-refractivity contribution is 5.86. The van der Waals surface area contributed by atoms with Gasteiger partial charge >= 0.3 is 6.09 Å². The summed E-state index contributed by atoms with van der Waals surface area (Å²) in [5.41, 5.74) is 12.2. The highest BCUT2D eigenvalue weighted by atomic mass is 16.6. The number of carbonyl (C=O) groups is 1. The van der Waals surface area contributed by atoms with Crippen LogP contribution in [0.1, 0.15) is 52.0 Å². The lowest BCUT2D eigenvalue weighted by atomic mass is 9.68. The van der Waals surface area contributed by atoms with Crippen molar-refractivity contribution in [2.24, 2.45) is 16.1 Å². The maximum absolute atomic E-state index is 12.8. The lowest BCUT2D eigenvalue weighted by molar-refractivity contribution is -0.0187. The maximum atomic E-state index is 12.8. The molecule has 2 atom stereocenters. The number of nitrogens with two attached hydrogens (primary N) is 2. The number of nitriles is 1. The molecule has 1 saturated heterocycles. The molecule has 1 saturated carbocycles. The summed E-state index contributed by atoms with van der Waals surface area (Å²) in [5.74, 6) is 0. The fourth-order valence-corrected chi connectivity index (χ4v) is 5.13. The summed E-state index contributed by atoms with van der Waals surface area (Å²) < 4.78 is 5.96. The van der Waals surface area contributed by atoms with Crippen LogP contribution in [0.15, 0.2) is 60.1 Å². The van der Waals surface area contributed by atoms with Crippen molar-refractivity contribution >= 4 is 23.7 Å². The minimum Gasteiger partial charge on any atom is -0.441 e. The van der Waals surface area contributed by atoms with E-state index in [9.17, 15) is 15.2 Å². The Balaban J connectivity index is 1.77. The molecule has 1 aromatic rings. The highest BCUT2D eigenvalue weighted by Gasteiger charge is 2.52. The molecule has 9 nitrogen and oxygen atoms in total. The van der Waals surface area contributed by atoms with E-state index in [4.69, 9.17) is 16.2 Å². The minimum absolute atomic E-state index is 0.205. The number of aliphatic hydroxyl groups is 1. The molecule has 5 N–H and O–H groups in total. The third-order valence-electron chi connectivity index (χ3n) is 6.86. The first-order chi connectivity index (χ1) is 16.8. The van der Waals surface area contributed by atoms with Crippen molar-refractivity contribution in [2.45, 2.75) is 57.7 Å². The lowest BCUT2D eigenvalue weighted by Gasteiger charge is -2.45. The van der Waals surface area contributed by atoms with Gasteiger partial charge in [-0.25, -0.2) is 4.79 Å². The first kappa shape index (κ1) is 26.8. The van der Waals surface area contributed by atoms with Crippen molar-refractivity contribution in [1.29, 1.82) is 5.26 Å². The molecule has 1 heterocycles. The van der Waals surface area contributed by atoms with Gasteiger partial charge in [-0.1, -0.05) is 20.1 Å². The van der Waals surface area contributed by atoms with Crippen molar-refractivity contribution in [3.63, 3.8) is 0 Å². The molecule has 1 amide bonds. The van der Waals surface area contributed by atoms with E-state index in [0.29, 0.717) is 36.5 Å². The van der Waals surface area contributed by atoms with Crippen LogP contribution in [0.25, 0.3) is 0 Å². The second-order valence-corrected chi connectivity index (χ2v) is 10.5. The Morgan fingerprint density at radius 3 is 2.78 bits per heavy atom. The second kappa shape index (κ2) is 10.1. The zero-order valence-electron chi connectivity index (χ0n) is 21.3. The SMILES string of the molecule is C=CN(C[C@@]1(C)CCCC2(CN(C(=C)C=N/C(=C\N)C(C)(C)O)C(=O)O2)C1)c1cc(C#N)ccc1N. The maximum Gasteiger partial charge on any atom is 0.415 e. The van der Waals surface area contributed by atoms with Gasteiger partial charge in [0.15, 0.2) is 0 Å². The molecule has 0 radical (unpaired) electrons. The first-order valence-electron chi connectivity index (χ1n) is 11.9. The van der Waals surface area contributed by atoms with Crippen molar-refractivity contribution in [3.05, 3.63) is 60.7 Å². The van der Waals surface area contributed by atoms with E-state index in [-0.39, 0.29) is 11.1 Å². The topological polar surface area (TPSA) is 141 Å². The predicted molar refractivity (Wildman–Crippen MR) is 142 cm³/mol. The molecule has 0 bridgehead atoms. The number of amides is 1. The Morgan fingerprint density at radius 2 is 2.17 bits per heavy atom. The Bertz CT molecular complexity index is 1150.